The lowest BCUT2D eigenvalue weighted by atomic mass is 10.0. The summed E-state index contributed by atoms with van der Waals surface area (Å²) in [5.74, 6) is -4.23. The van der Waals surface area contributed by atoms with E-state index < -0.39 is 58.5 Å². The van der Waals surface area contributed by atoms with Crippen molar-refractivity contribution in [1.29, 1.82) is 0 Å². The minimum atomic E-state index is -4.76. The Bertz CT molecular complexity index is 901. The smallest absolute Gasteiger partial charge is 0.338 e. The Kier molecular flexibility index (Phi) is 4.29. The molecule has 0 fully saturated rings. The fourth-order valence-electron chi connectivity index (χ4n) is 2.62. The SMILES string of the molecule is Cc1c(-c2c(F)cc(N3C=C(F)C=C(F)C3)cc2F)n[nH]c1C(F)(F)F. The van der Waals surface area contributed by atoms with E-state index in [2.05, 4.69) is 5.10 Å². The fourth-order valence-corrected chi connectivity index (χ4v) is 2.62. The lowest BCUT2D eigenvalue weighted by Gasteiger charge is -2.23. The van der Waals surface area contributed by atoms with Crippen molar-refractivity contribution in [3.8, 4) is 11.3 Å². The molecule has 138 valence electrons. The van der Waals surface area contributed by atoms with Gasteiger partial charge < -0.3 is 4.90 Å². The molecule has 10 heteroatoms. The van der Waals surface area contributed by atoms with Crippen LogP contribution >= 0.6 is 0 Å². The number of hydrogen-bond donors (Lipinski definition) is 1. The molecule has 1 aromatic carbocycles. The second-order valence-electron chi connectivity index (χ2n) is 5.59. The Morgan fingerprint density at radius 3 is 2.19 bits per heavy atom. The molecule has 0 radical (unpaired) electrons. The molecule has 3 nitrogen and oxygen atoms in total. The predicted octanol–water partition coefficient (Wildman–Crippen LogP) is 5.17. The highest BCUT2D eigenvalue weighted by Crippen LogP contribution is 2.37. The number of nitrogens with zero attached hydrogens (tertiary/aromatic N) is 2. The summed E-state index contributed by atoms with van der Waals surface area (Å²) in [5, 5.41) is 5.08. The van der Waals surface area contributed by atoms with Crippen LogP contribution in [-0.2, 0) is 6.18 Å². The molecule has 1 aliphatic heterocycles. The van der Waals surface area contributed by atoms with Crippen LogP contribution in [0, 0.1) is 18.6 Å². The number of H-pyrrole nitrogens is 1. The number of rotatable bonds is 2. The minimum absolute atomic E-state index is 0.202. The van der Waals surface area contributed by atoms with E-state index in [1.165, 1.54) is 0 Å². The Morgan fingerprint density at radius 2 is 1.69 bits per heavy atom. The summed E-state index contributed by atoms with van der Waals surface area (Å²) in [6.07, 6.45) is -3.29. The highest BCUT2D eigenvalue weighted by atomic mass is 19.4. The van der Waals surface area contributed by atoms with Gasteiger partial charge in [-0.1, -0.05) is 0 Å². The van der Waals surface area contributed by atoms with Gasteiger partial charge in [0.05, 0.1) is 12.1 Å². The topological polar surface area (TPSA) is 31.9 Å². The molecular formula is C16H10F7N3. The average molecular weight is 377 g/mol. The van der Waals surface area contributed by atoms with Gasteiger partial charge in [0, 0.05) is 23.5 Å². The van der Waals surface area contributed by atoms with Gasteiger partial charge in [-0.3, -0.25) is 5.10 Å². The van der Waals surface area contributed by atoms with Crippen LogP contribution in [0.4, 0.5) is 36.4 Å². The van der Waals surface area contributed by atoms with Crippen LogP contribution in [-0.4, -0.2) is 16.7 Å². The highest BCUT2D eigenvalue weighted by Gasteiger charge is 2.36. The Balaban J connectivity index is 2.05. The van der Waals surface area contributed by atoms with Gasteiger partial charge in [0.25, 0.3) is 0 Å². The first kappa shape index (κ1) is 18.0. The molecule has 0 aliphatic carbocycles. The van der Waals surface area contributed by atoms with E-state index >= 15 is 0 Å². The van der Waals surface area contributed by atoms with E-state index in [-0.39, 0.29) is 5.69 Å². The first-order valence-corrected chi connectivity index (χ1v) is 7.19. The molecule has 2 heterocycles. The van der Waals surface area contributed by atoms with E-state index in [0.29, 0.717) is 6.08 Å². The van der Waals surface area contributed by atoms with Gasteiger partial charge >= 0.3 is 6.18 Å². The molecule has 0 unspecified atom stereocenters. The zero-order valence-corrected chi connectivity index (χ0v) is 13.1. The van der Waals surface area contributed by atoms with Crippen molar-refractivity contribution in [1.82, 2.24) is 10.2 Å². The van der Waals surface area contributed by atoms with Gasteiger partial charge in [-0.2, -0.15) is 18.3 Å². The first-order valence-electron chi connectivity index (χ1n) is 7.19. The lowest BCUT2D eigenvalue weighted by molar-refractivity contribution is -0.141. The average Bonchev–Trinajstić information content (AvgIpc) is 2.87. The van der Waals surface area contributed by atoms with Crippen LogP contribution in [0.25, 0.3) is 11.3 Å². The molecule has 0 saturated heterocycles. The third kappa shape index (κ3) is 3.18. The second kappa shape index (κ2) is 6.19. The van der Waals surface area contributed by atoms with Crippen LogP contribution in [0.15, 0.2) is 36.1 Å². The molecule has 1 aromatic heterocycles. The van der Waals surface area contributed by atoms with Crippen molar-refractivity contribution in [3.63, 3.8) is 0 Å². The number of anilines is 1. The number of benzene rings is 1. The zero-order valence-electron chi connectivity index (χ0n) is 13.1. The predicted molar refractivity (Wildman–Crippen MR) is 79.4 cm³/mol. The molecule has 0 atom stereocenters. The Labute approximate surface area is 142 Å². The maximum atomic E-state index is 14.4. The monoisotopic (exact) mass is 377 g/mol. The molecular weight excluding hydrogens is 367 g/mol. The van der Waals surface area contributed by atoms with Gasteiger partial charge in [0.1, 0.15) is 34.7 Å². The van der Waals surface area contributed by atoms with Crippen LogP contribution in [0.5, 0.6) is 0 Å². The molecule has 0 saturated carbocycles. The van der Waals surface area contributed by atoms with Gasteiger partial charge in [-0.05, 0) is 19.1 Å². The third-order valence-corrected chi connectivity index (χ3v) is 3.78. The Morgan fingerprint density at radius 1 is 1.08 bits per heavy atom. The quantitative estimate of drug-likeness (QED) is 0.733. The van der Waals surface area contributed by atoms with Crippen molar-refractivity contribution in [2.45, 2.75) is 13.1 Å². The van der Waals surface area contributed by atoms with Crippen molar-refractivity contribution in [3.05, 3.63) is 59.0 Å². The van der Waals surface area contributed by atoms with E-state index in [9.17, 15) is 30.7 Å². The van der Waals surface area contributed by atoms with Crippen molar-refractivity contribution in [2.75, 3.05) is 11.4 Å². The first-order chi connectivity index (χ1) is 12.1. The van der Waals surface area contributed by atoms with Crippen molar-refractivity contribution < 1.29 is 30.7 Å². The maximum absolute atomic E-state index is 14.4. The standard InChI is InChI=1S/C16H10F7N3/c1-7-14(24-25-15(7)16(21,22)23)13-11(19)3-10(4-12(13)20)26-5-8(17)2-9(18)6-26/h2-5H,6H2,1H3,(H,24,25). The minimum Gasteiger partial charge on any atom is -0.338 e. The molecule has 3 rings (SSSR count). The van der Waals surface area contributed by atoms with Gasteiger partial charge in [-0.15, -0.1) is 0 Å². The molecule has 1 N–H and O–H groups in total. The summed E-state index contributed by atoms with van der Waals surface area (Å²) in [5.41, 5.74) is -3.20. The van der Waals surface area contributed by atoms with E-state index in [0.717, 1.165) is 30.2 Å². The van der Waals surface area contributed by atoms with Crippen LogP contribution in [0.3, 0.4) is 0 Å². The molecule has 0 spiro atoms. The second-order valence-corrected chi connectivity index (χ2v) is 5.59. The number of allylic oxidation sites excluding steroid dienone is 2. The van der Waals surface area contributed by atoms with Crippen LogP contribution in [0.2, 0.25) is 0 Å². The third-order valence-electron chi connectivity index (χ3n) is 3.78. The van der Waals surface area contributed by atoms with Gasteiger partial charge in [-0.25, -0.2) is 17.6 Å². The molecule has 0 amide bonds. The Hall–Kier alpha value is -2.78. The lowest BCUT2D eigenvalue weighted by Crippen LogP contribution is -2.21. The van der Waals surface area contributed by atoms with E-state index in [1.807, 2.05) is 0 Å². The number of nitrogens with one attached hydrogen (secondary N) is 1. The number of hydrogen-bond acceptors (Lipinski definition) is 2. The normalized spacial score (nSPS) is 15.2. The summed E-state index contributed by atoms with van der Waals surface area (Å²) in [6.45, 7) is 0.586. The van der Waals surface area contributed by atoms with Gasteiger partial charge in [0.2, 0.25) is 0 Å². The number of alkyl halides is 3. The summed E-state index contributed by atoms with van der Waals surface area (Å²) in [7, 11) is 0. The van der Waals surface area contributed by atoms with E-state index in [4.69, 9.17) is 0 Å². The summed E-state index contributed by atoms with van der Waals surface area (Å²) < 4.78 is 93.8. The van der Waals surface area contributed by atoms with Crippen LogP contribution < -0.4 is 4.90 Å². The number of aromatic amines is 1. The van der Waals surface area contributed by atoms with Crippen molar-refractivity contribution in [2.24, 2.45) is 0 Å². The fraction of sp³-hybridized carbons (Fsp3) is 0.188. The number of halogens is 7. The van der Waals surface area contributed by atoms with Gasteiger partial charge in [0.15, 0.2) is 0 Å². The highest BCUT2D eigenvalue weighted by molar-refractivity contribution is 5.69. The largest absolute Gasteiger partial charge is 0.433 e. The van der Waals surface area contributed by atoms with Crippen LogP contribution in [0.1, 0.15) is 11.3 Å². The number of aromatic nitrogens is 2. The molecule has 0 bridgehead atoms. The maximum Gasteiger partial charge on any atom is 0.433 e. The summed E-state index contributed by atoms with van der Waals surface area (Å²) in [6, 6.07) is 1.53. The molecule has 1 aliphatic rings. The van der Waals surface area contributed by atoms with E-state index in [1.54, 1.807) is 5.10 Å². The summed E-state index contributed by atoms with van der Waals surface area (Å²) >= 11 is 0. The zero-order chi connectivity index (χ0) is 19.2. The molecule has 26 heavy (non-hydrogen) atoms. The summed E-state index contributed by atoms with van der Waals surface area (Å²) in [4.78, 5) is 0.930. The molecule has 2 aromatic rings. The van der Waals surface area contributed by atoms with Crippen molar-refractivity contribution >= 4 is 5.69 Å².